The van der Waals surface area contributed by atoms with Crippen molar-refractivity contribution in [1.29, 1.82) is 0 Å². The Balaban J connectivity index is 1.58. The molecule has 1 unspecified atom stereocenters. The fourth-order valence-corrected chi connectivity index (χ4v) is 3.54. The highest BCUT2D eigenvalue weighted by atomic mass is 79.9. The van der Waals surface area contributed by atoms with Gasteiger partial charge in [0.15, 0.2) is 0 Å². The monoisotopic (exact) mass is 445 g/mol. The van der Waals surface area contributed by atoms with Gasteiger partial charge >= 0.3 is 0 Å². The fraction of sp³-hybridized carbons (Fsp3) is 0.476. The molecule has 7 heteroatoms. The summed E-state index contributed by atoms with van der Waals surface area (Å²) in [6.07, 6.45) is 0. The van der Waals surface area contributed by atoms with Crippen LogP contribution in [-0.2, 0) is 4.79 Å². The lowest BCUT2D eigenvalue weighted by molar-refractivity contribution is -0.120. The van der Waals surface area contributed by atoms with Gasteiger partial charge in [-0.2, -0.15) is 0 Å². The minimum Gasteiger partial charge on any atom is -0.354 e. The van der Waals surface area contributed by atoms with Gasteiger partial charge in [-0.15, -0.1) is 0 Å². The van der Waals surface area contributed by atoms with Gasteiger partial charge in [0.1, 0.15) is 11.6 Å². The largest absolute Gasteiger partial charge is 0.354 e. The molecular formula is C21H28BrN5O. The number of rotatable bonds is 5. The molecule has 2 aromatic rings. The first-order valence-corrected chi connectivity index (χ1v) is 10.5. The highest BCUT2D eigenvalue weighted by Crippen LogP contribution is 2.20. The molecule has 0 aliphatic carbocycles. The van der Waals surface area contributed by atoms with Gasteiger partial charge in [0.05, 0.1) is 6.04 Å². The lowest BCUT2D eigenvalue weighted by atomic mass is 10.2. The Morgan fingerprint density at radius 2 is 1.71 bits per heavy atom. The molecule has 1 amide bonds. The van der Waals surface area contributed by atoms with Crippen LogP contribution in [0.25, 0.3) is 0 Å². The van der Waals surface area contributed by atoms with Crippen molar-refractivity contribution in [2.75, 3.05) is 36.4 Å². The molecule has 0 radical (unpaired) electrons. The van der Waals surface area contributed by atoms with Gasteiger partial charge in [-0.25, -0.2) is 9.97 Å². The topological polar surface area (TPSA) is 61.4 Å². The van der Waals surface area contributed by atoms with Gasteiger partial charge in [-0.3, -0.25) is 9.69 Å². The molecule has 1 saturated heterocycles. The summed E-state index contributed by atoms with van der Waals surface area (Å²) in [5.41, 5.74) is 1.81. The number of carbonyl (C=O) groups excluding carboxylic acids is 1. The van der Waals surface area contributed by atoms with E-state index in [1.807, 2.05) is 44.2 Å². The molecule has 28 heavy (non-hydrogen) atoms. The van der Waals surface area contributed by atoms with Gasteiger partial charge in [-0.05, 0) is 38.1 Å². The maximum atomic E-state index is 12.6. The number of nitrogens with zero attached hydrogens (tertiary/aromatic N) is 4. The lowest BCUT2D eigenvalue weighted by Gasteiger charge is -2.38. The third-order valence-corrected chi connectivity index (χ3v) is 5.58. The van der Waals surface area contributed by atoms with Crippen LogP contribution in [0.5, 0.6) is 0 Å². The van der Waals surface area contributed by atoms with E-state index < -0.39 is 0 Å². The van der Waals surface area contributed by atoms with Gasteiger partial charge in [0, 0.05) is 54.0 Å². The minimum absolute atomic E-state index is 0.0238. The van der Waals surface area contributed by atoms with E-state index in [1.54, 1.807) is 0 Å². The second-order valence-corrected chi connectivity index (χ2v) is 8.49. The number of benzene rings is 1. The van der Waals surface area contributed by atoms with Crippen molar-refractivity contribution in [2.24, 2.45) is 0 Å². The minimum atomic E-state index is -0.177. The van der Waals surface area contributed by atoms with Gasteiger partial charge in [0.25, 0.3) is 0 Å². The second kappa shape index (κ2) is 9.01. The highest BCUT2D eigenvalue weighted by Gasteiger charge is 2.26. The highest BCUT2D eigenvalue weighted by molar-refractivity contribution is 9.10. The van der Waals surface area contributed by atoms with E-state index in [2.05, 4.69) is 49.9 Å². The Labute approximate surface area is 175 Å². The van der Waals surface area contributed by atoms with E-state index in [0.29, 0.717) is 5.92 Å². The van der Waals surface area contributed by atoms with Gasteiger partial charge < -0.3 is 10.2 Å². The molecule has 1 aliphatic rings. The Morgan fingerprint density at radius 3 is 2.32 bits per heavy atom. The molecule has 1 aromatic heterocycles. The molecule has 0 bridgehead atoms. The van der Waals surface area contributed by atoms with Crippen LogP contribution < -0.4 is 10.2 Å². The Morgan fingerprint density at radius 1 is 1.07 bits per heavy atom. The Hall–Kier alpha value is -1.99. The summed E-state index contributed by atoms with van der Waals surface area (Å²) in [4.78, 5) is 26.4. The molecule has 6 nitrogen and oxygen atoms in total. The van der Waals surface area contributed by atoms with Gasteiger partial charge in [0.2, 0.25) is 5.91 Å². The number of aromatic nitrogens is 2. The predicted octanol–water partition coefficient (Wildman–Crippen LogP) is 3.82. The summed E-state index contributed by atoms with van der Waals surface area (Å²) in [5.74, 6) is 2.21. The molecule has 0 saturated carbocycles. The van der Waals surface area contributed by atoms with Crippen molar-refractivity contribution in [1.82, 2.24) is 14.9 Å². The molecule has 150 valence electrons. The molecule has 1 aromatic carbocycles. The SMILES string of the molecule is Cc1cc(N2CCN(C(C)C(=O)Nc3ccc(Br)cc3)CC2)nc(C(C)C)n1. The van der Waals surface area contributed by atoms with Crippen molar-refractivity contribution in [3.05, 3.63) is 46.3 Å². The van der Waals surface area contributed by atoms with E-state index in [0.717, 1.165) is 53.7 Å². The number of hydrogen-bond donors (Lipinski definition) is 1. The zero-order valence-corrected chi connectivity index (χ0v) is 18.5. The van der Waals surface area contributed by atoms with Crippen LogP contribution in [0.3, 0.4) is 0 Å². The normalized spacial score (nSPS) is 16.3. The number of carbonyl (C=O) groups is 1. The van der Waals surface area contributed by atoms with Crippen LogP contribution in [0.15, 0.2) is 34.8 Å². The van der Waals surface area contributed by atoms with Crippen LogP contribution >= 0.6 is 15.9 Å². The van der Waals surface area contributed by atoms with Crippen molar-refractivity contribution in [3.8, 4) is 0 Å². The zero-order valence-electron chi connectivity index (χ0n) is 16.9. The second-order valence-electron chi connectivity index (χ2n) is 7.58. The molecule has 1 aliphatic heterocycles. The summed E-state index contributed by atoms with van der Waals surface area (Å²) >= 11 is 3.41. The van der Waals surface area contributed by atoms with Crippen LogP contribution in [0, 0.1) is 6.92 Å². The first kappa shape index (κ1) is 20.7. The number of aryl methyl sites for hydroxylation is 1. The molecule has 2 heterocycles. The van der Waals surface area contributed by atoms with E-state index in [-0.39, 0.29) is 11.9 Å². The predicted molar refractivity (Wildman–Crippen MR) is 117 cm³/mol. The summed E-state index contributed by atoms with van der Waals surface area (Å²) < 4.78 is 0.996. The number of nitrogens with one attached hydrogen (secondary N) is 1. The van der Waals surface area contributed by atoms with E-state index in [1.165, 1.54) is 0 Å². The quantitative estimate of drug-likeness (QED) is 0.757. The average molecular weight is 446 g/mol. The summed E-state index contributed by atoms with van der Waals surface area (Å²) in [7, 11) is 0. The average Bonchev–Trinajstić information content (AvgIpc) is 2.68. The molecular weight excluding hydrogens is 418 g/mol. The molecule has 1 N–H and O–H groups in total. The van der Waals surface area contributed by atoms with Crippen LogP contribution in [-0.4, -0.2) is 53.0 Å². The summed E-state index contributed by atoms with van der Waals surface area (Å²) in [6, 6.07) is 9.52. The Bertz CT molecular complexity index is 816. The van der Waals surface area contributed by atoms with E-state index in [4.69, 9.17) is 4.98 Å². The number of hydrogen-bond acceptors (Lipinski definition) is 5. The fourth-order valence-electron chi connectivity index (χ4n) is 3.28. The third kappa shape index (κ3) is 5.08. The molecule has 0 spiro atoms. The van der Waals surface area contributed by atoms with Crippen LogP contribution in [0.1, 0.15) is 38.2 Å². The molecule has 3 rings (SSSR count). The van der Waals surface area contributed by atoms with Crippen molar-refractivity contribution in [2.45, 2.75) is 39.7 Å². The zero-order chi connectivity index (χ0) is 20.3. The van der Waals surface area contributed by atoms with Crippen LogP contribution in [0.2, 0.25) is 0 Å². The van der Waals surface area contributed by atoms with Crippen molar-refractivity contribution < 1.29 is 4.79 Å². The first-order chi connectivity index (χ1) is 13.3. The number of piperazine rings is 1. The van der Waals surface area contributed by atoms with Crippen molar-refractivity contribution in [3.63, 3.8) is 0 Å². The van der Waals surface area contributed by atoms with E-state index in [9.17, 15) is 4.79 Å². The number of anilines is 2. The van der Waals surface area contributed by atoms with Crippen molar-refractivity contribution >= 4 is 33.3 Å². The smallest absolute Gasteiger partial charge is 0.241 e. The first-order valence-electron chi connectivity index (χ1n) is 9.74. The molecule has 1 fully saturated rings. The lowest BCUT2D eigenvalue weighted by Crippen LogP contribution is -2.53. The summed E-state index contributed by atoms with van der Waals surface area (Å²) in [5, 5.41) is 3.00. The maximum Gasteiger partial charge on any atom is 0.241 e. The number of halogens is 1. The standard InChI is InChI=1S/C21H28BrN5O/c1-14(2)20-23-15(3)13-19(25-20)27-11-9-26(10-12-27)16(4)21(28)24-18-7-5-17(22)6-8-18/h5-8,13-14,16H,9-12H2,1-4H3,(H,24,28). The third-order valence-electron chi connectivity index (χ3n) is 5.05. The number of amides is 1. The van der Waals surface area contributed by atoms with E-state index >= 15 is 0 Å². The summed E-state index contributed by atoms with van der Waals surface area (Å²) in [6.45, 7) is 11.6. The Kier molecular flexibility index (Phi) is 6.67. The van der Waals surface area contributed by atoms with Gasteiger partial charge in [-0.1, -0.05) is 29.8 Å². The molecule has 1 atom stereocenters. The maximum absolute atomic E-state index is 12.6. The van der Waals surface area contributed by atoms with Crippen LogP contribution in [0.4, 0.5) is 11.5 Å².